The van der Waals surface area contributed by atoms with E-state index in [2.05, 4.69) is 5.16 Å². The van der Waals surface area contributed by atoms with E-state index in [0.29, 0.717) is 16.1 Å². The number of nitrogen functional groups attached to an aromatic ring is 1. The first-order valence-electron chi connectivity index (χ1n) is 5.92. The van der Waals surface area contributed by atoms with Crippen LogP contribution in [0.2, 0.25) is 5.02 Å². The number of halogens is 1. The molecule has 18 heavy (non-hydrogen) atoms. The molecular weight excluding hydrogens is 252 g/mol. The Balaban J connectivity index is 2.22. The molecule has 1 aliphatic carbocycles. The molecule has 1 heterocycles. The molecule has 0 saturated carbocycles. The number of aryl methyl sites for hydroxylation is 1. The Morgan fingerprint density at radius 1 is 1.28 bits per heavy atom. The molecular formula is C13H13ClN2O2. The van der Waals surface area contributed by atoms with Gasteiger partial charge >= 0.3 is 0 Å². The number of aromatic nitrogens is 1. The van der Waals surface area contributed by atoms with Crippen LogP contribution >= 0.6 is 11.6 Å². The second-order valence-corrected chi connectivity index (χ2v) is 4.91. The number of anilines is 1. The summed E-state index contributed by atoms with van der Waals surface area (Å²) in [4.78, 5) is 0. The van der Waals surface area contributed by atoms with Gasteiger partial charge in [-0.05, 0) is 42.9 Å². The Hall–Kier alpha value is -1.68. The van der Waals surface area contributed by atoms with Crippen LogP contribution in [0.4, 0.5) is 5.88 Å². The molecule has 4 nitrogen and oxygen atoms in total. The highest BCUT2D eigenvalue weighted by Gasteiger charge is 2.21. The molecule has 0 aliphatic heterocycles. The number of aromatic hydroxyl groups is 1. The highest BCUT2D eigenvalue weighted by Crippen LogP contribution is 2.43. The van der Waals surface area contributed by atoms with Gasteiger partial charge in [0.2, 0.25) is 5.88 Å². The second-order valence-electron chi connectivity index (χ2n) is 4.54. The average molecular weight is 265 g/mol. The zero-order valence-corrected chi connectivity index (χ0v) is 10.5. The third kappa shape index (κ3) is 1.64. The summed E-state index contributed by atoms with van der Waals surface area (Å²) < 4.78 is 4.83. The maximum atomic E-state index is 10.2. The molecule has 0 bridgehead atoms. The van der Waals surface area contributed by atoms with Gasteiger partial charge in [0.05, 0.1) is 16.8 Å². The average Bonchev–Trinajstić information content (AvgIpc) is 2.80. The molecule has 1 aromatic carbocycles. The topological polar surface area (TPSA) is 72.3 Å². The van der Waals surface area contributed by atoms with Crippen LogP contribution in [-0.2, 0) is 12.8 Å². The number of hydrogen-bond acceptors (Lipinski definition) is 4. The first-order valence-corrected chi connectivity index (χ1v) is 6.30. The van der Waals surface area contributed by atoms with Gasteiger partial charge in [0, 0.05) is 5.56 Å². The molecule has 1 aliphatic rings. The van der Waals surface area contributed by atoms with Gasteiger partial charge in [0.25, 0.3) is 0 Å². The standard InChI is InChI=1S/C13H13ClN2O2/c14-11-8-4-2-1-3-7(8)5-9(12(11)17)10-6-16-18-13(10)15/h5-6,17H,1-4,15H2. The summed E-state index contributed by atoms with van der Waals surface area (Å²) >= 11 is 6.24. The number of fused-ring (bicyclic) bond motifs is 1. The lowest BCUT2D eigenvalue weighted by Crippen LogP contribution is -2.04. The Morgan fingerprint density at radius 2 is 2.06 bits per heavy atom. The Bertz CT molecular complexity index is 607. The molecule has 0 radical (unpaired) electrons. The lowest BCUT2D eigenvalue weighted by Gasteiger charge is -2.19. The summed E-state index contributed by atoms with van der Waals surface area (Å²) in [6.45, 7) is 0. The minimum atomic E-state index is 0.0622. The quantitative estimate of drug-likeness (QED) is 0.830. The maximum absolute atomic E-state index is 10.2. The van der Waals surface area contributed by atoms with Crippen LogP contribution in [0.1, 0.15) is 24.0 Å². The Labute approximate surface area is 109 Å². The van der Waals surface area contributed by atoms with Crippen molar-refractivity contribution in [2.75, 3.05) is 5.73 Å². The molecule has 0 fully saturated rings. The van der Waals surface area contributed by atoms with E-state index in [-0.39, 0.29) is 11.6 Å². The summed E-state index contributed by atoms with van der Waals surface area (Å²) in [6, 6.07) is 1.94. The van der Waals surface area contributed by atoms with Gasteiger partial charge in [0.15, 0.2) is 0 Å². The fourth-order valence-corrected chi connectivity index (χ4v) is 2.82. The van der Waals surface area contributed by atoms with Crippen molar-refractivity contribution in [3.63, 3.8) is 0 Å². The highest BCUT2D eigenvalue weighted by molar-refractivity contribution is 6.33. The summed E-state index contributed by atoms with van der Waals surface area (Å²) in [6.07, 6.45) is 5.65. The van der Waals surface area contributed by atoms with E-state index in [9.17, 15) is 5.11 Å². The van der Waals surface area contributed by atoms with Crippen molar-refractivity contribution < 1.29 is 9.63 Å². The number of nitrogens with two attached hydrogens (primary N) is 1. The summed E-state index contributed by atoms with van der Waals surface area (Å²) in [7, 11) is 0. The summed E-state index contributed by atoms with van der Waals surface area (Å²) in [5.41, 5.74) is 9.10. The van der Waals surface area contributed by atoms with Gasteiger partial charge in [-0.25, -0.2) is 0 Å². The number of phenols is 1. The number of hydrogen-bond donors (Lipinski definition) is 2. The van der Waals surface area contributed by atoms with E-state index in [4.69, 9.17) is 21.9 Å². The zero-order valence-electron chi connectivity index (χ0n) is 9.74. The Kier molecular flexibility index (Phi) is 2.67. The smallest absolute Gasteiger partial charge is 0.230 e. The first kappa shape index (κ1) is 11.4. The fourth-order valence-electron chi connectivity index (χ4n) is 2.50. The summed E-state index contributed by atoms with van der Waals surface area (Å²) in [5.74, 6) is 0.254. The zero-order chi connectivity index (χ0) is 12.7. The molecule has 3 rings (SSSR count). The van der Waals surface area contributed by atoms with Crippen LogP contribution in [0.3, 0.4) is 0 Å². The molecule has 0 saturated heterocycles. The Morgan fingerprint density at radius 3 is 2.78 bits per heavy atom. The molecule has 94 valence electrons. The molecule has 5 heteroatoms. The van der Waals surface area contributed by atoms with Crippen molar-refractivity contribution in [1.82, 2.24) is 5.16 Å². The predicted molar refractivity (Wildman–Crippen MR) is 69.7 cm³/mol. The molecule has 0 amide bonds. The van der Waals surface area contributed by atoms with Gasteiger partial charge in [0.1, 0.15) is 5.75 Å². The molecule has 0 atom stereocenters. The molecule has 2 aromatic rings. The third-order valence-corrected chi connectivity index (χ3v) is 3.85. The maximum Gasteiger partial charge on any atom is 0.230 e. The minimum absolute atomic E-state index is 0.0622. The normalized spacial score (nSPS) is 14.5. The lowest BCUT2D eigenvalue weighted by atomic mass is 9.88. The van der Waals surface area contributed by atoms with E-state index in [1.165, 1.54) is 11.8 Å². The van der Waals surface area contributed by atoms with Crippen LogP contribution in [0.5, 0.6) is 5.75 Å². The van der Waals surface area contributed by atoms with Crippen LogP contribution in [0, 0.1) is 0 Å². The van der Waals surface area contributed by atoms with Gasteiger partial charge in [-0.2, -0.15) is 0 Å². The SMILES string of the molecule is Nc1oncc1-c1cc2c(c(Cl)c1O)CCCC2. The van der Waals surface area contributed by atoms with E-state index in [1.54, 1.807) is 0 Å². The number of benzene rings is 1. The van der Waals surface area contributed by atoms with Crippen molar-refractivity contribution in [1.29, 1.82) is 0 Å². The third-order valence-electron chi connectivity index (χ3n) is 3.45. The van der Waals surface area contributed by atoms with E-state index in [1.807, 2.05) is 6.07 Å². The molecule has 1 aromatic heterocycles. The van der Waals surface area contributed by atoms with Gasteiger partial charge in [-0.3, -0.25) is 0 Å². The van der Waals surface area contributed by atoms with Crippen molar-refractivity contribution in [3.8, 4) is 16.9 Å². The van der Waals surface area contributed by atoms with Crippen molar-refractivity contribution >= 4 is 17.5 Å². The minimum Gasteiger partial charge on any atom is -0.506 e. The predicted octanol–water partition coefficient (Wildman–Crippen LogP) is 3.16. The second kappa shape index (κ2) is 4.21. The van der Waals surface area contributed by atoms with Crippen LogP contribution in [0.15, 0.2) is 16.8 Å². The molecule has 3 N–H and O–H groups in total. The monoisotopic (exact) mass is 264 g/mol. The van der Waals surface area contributed by atoms with Crippen molar-refractivity contribution in [2.24, 2.45) is 0 Å². The largest absolute Gasteiger partial charge is 0.506 e. The van der Waals surface area contributed by atoms with Gasteiger partial charge in [-0.15, -0.1) is 0 Å². The first-order chi connectivity index (χ1) is 8.68. The highest BCUT2D eigenvalue weighted by atomic mass is 35.5. The number of nitrogens with zero attached hydrogens (tertiary/aromatic N) is 1. The molecule has 0 unspecified atom stereocenters. The van der Waals surface area contributed by atoms with Crippen molar-refractivity contribution in [3.05, 3.63) is 28.4 Å². The van der Waals surface area contributed by atoms with Crippen LogP contribution in [0.25, 0.3) is 11.1 Å². The van der Waals surface area contributed by atoms with E-state index < -0.39 is 0 Å². The van der Waals surface area contributed by atoms with Crippen LogP contribution in [-0.4, -0.2) is 10.3 Å². The van der Waals surface area contributed by atoms with Crippen molar-refractivity contribution in [2.45, 2.75) is 25.7 Å². The molecule has 0 spiro atoms. The van der Waals surface area contributed by atoms with E-state index >= 15 is 0 Å². The number of phenolic OH excluding ortho intramolecular Hbond substituents is 1. The summed E-state index contributed by atoms with van der Waals surface area (Å²) in [5, 5.41) is 14.3. The van der Waals surface area contributed by atoms with Gasteiger partial charge in [-0.1, -0.05) is 16.8 Å². The van der Waals surface area contributed by atoms with Gasteiger partial charge < -0.3 is 15.4 Å². The van der Waals surface area contributed by atoms with Crippen LogP contribution < -0.4 is 5.73 Å². The fraction of sp³-hybridized carbons (Fsp3) is 0.308. The van der Waals surface area contributed by atoms with E-state index in [0.717, 1.165) is 31.2 Å². The number of rotatable bonds is 1. The lowest BCUT2D eigenvalue weighted by molar-refractivity contribution is 0.436.